The molecule has 0 spiro atoms. The number of hydrogen-bond acceptors (Lipinski definition) is 9. The zero-order chi connectivity index (χ0) is 39.0. The molecule has 3 heterocycles. The average molecular weight is 778 g/mol. The SMILES string of the molecule is COCCCN1CCOc2ccc(CO[C@H]3CN(S(=O)(=O)c4ccc(C)cc4)C(CCNC(=O)C(C)(C)C4CCOCC4)CC3c3ccc(OC)cc3)cc21. The van der Waals surface area contributed by atoms with Crippen molar-refractivity contribution in [2.75, 3.05) is 71.7 Å². The van der Waals surface area contributed by atoms with Gasteiger partial charge in [-0.25, -0.2) is 8.42 Å². The van der Waals surface area contributed by atoms with Crippen molar-refractivity contribution in [1.82, 2.24) is 9.62 Å². The van der Waals surface area contributed by atoms with Crippen LogP contribution in [0.2, 0.25) is 0 Å². The number of anilines is 1. The molecule has 6 rings (SSSR count). The van der Waals surface area contributed by atoms with Gasteiger partial charge in [-0.1, -0.05) is 49.7 Å². The van der Waals surface area contributed by atoms with Crippen LogP contribution in [0.15, 0.2) is 71.6 Å². The molecule has 1 N–H and O–H groups in total. The molecular weight excluding hydrogens is 719 g/mol. The number of aryl methyl sites for hydroxylation is 1. The van der Waals surface area contributed by atoms with Gasteiger partial charge in [0.05, 0.1) is 36.9 Å². The quantitative estimate of drug-likeness (QED) is 0.167. The van der Waals surface area contributed by atoms with Crippen molar-refractivity contribution in [2.24, 2.45) is 11.3 Å². The minimum atomic E-state index is -3.91. The number of carbonyl (C=O) groups excluding carboxylic acids is 1. The van der Waals surface area contributed by atoms with Crippen LogP contribution < -0.4 is 19.7 Å². The highest BCUT2D eigenvalue weighted by molar-refractivity contribution is 7.89. The lowest BCUT2D eigenvalue weighted by molar-refractivity contribution is -0.134. The Bertz CT molecular complexity index is 1810. The van der Waals surface area contributed by atoms with Gasteiger partial charge in [0.25, 0.3) is 0 Å². The van der Waals surface area contributed by atoms with Gasteiger partial charge in [0.2, 0.25) is 15.9 Å². The summed E-state index contributed by atoms with van der Waals surface area (Å²) >= 11 is 0. The summed E-state index contributed by atoms with van der Waals surface area (Å²) in [5, 5.41) is 3.19. The molecule has 3 aromatic carbocycles. The Morgan fingerprint density at radius 3 is 2.44 bits per heavy atom. The largest absolute Gasteiger partial charge is 0.497 e. The van der Waals surface area contributed by atoms with Gasteiger partial charge in [0, 0.05) is 63.9 Å². The van der Waals surface area contributed by atoms with Gasteiger partial charge in [-0.15, -0.1) is 0 Å². The Labute approximate surface area is 327 Å². The number of benzene rings is 3. The number of amides is 1. The number of hydrogen-bond donors (Lipinski definition) is 1. The molecule has 2 fully saturated rings. The summed E-state index contributed by atoms with van der Waals surface area (Å²) in [5.74, 6) is 1.71. The van der Waals surface area contributed by atoms with Crippen LogP contribution in [-0.2, 0) is 35.6 Å². The summed E-state index contributed by atoms with van der Waals surface area (Å²) in [6.07, 6.45) is 3.14. The number of sulfonamides is 1. The van der Waals surface area contributed by atoms with Gasteiger partial charge in [-0.3, -0.25) is 4.79 Å². The molecule has 300 valence electrons. The van der Waals surface area contributed by atoms with Gasteiger partial charge in [-0.05, 0) is 92.5 Å². The first-order chi connectivity index (χ1) is 26.5. The molecule has 11 nitrogen and oxygen atoms in total. The molecule has 3 aliphatic heterocycles. The van der Waals surface area contributed by atoms with Gasteiger partial charge in [-0.2, -0.15) is 4.31 Å². The summed E-state index contributed by atoms with van der Waals surface area (Å²) in [5.41, 5.74) is 3.50. The van der Waals surface area contributed by atoms with Crippen LogP contribution in [0.5, 0.6) is 11.5 Å². The van der Waals surface area contributed by atoms with Crippen LogP contribution in [0, 0.1) is 18.3 Å². The molecule has 0 saturated carbocycles. The van der Waals surface area contributed by atoms with Crippen molar-refractivity contribution in [3.8, 4) is 11.5 Å². The molecule has 12 heteroatoms. The van der Waals surface area contributed by atoms with Gasteiger partial charge >= 0.3 is 0 Å². The maximum Gasteiger partial charge on any atom is 0.243 e. The zero-order valence-electron chi connectivity index (χ0n) is 33.1. The highest BCUT2D eigenvalue weighted by atomic mass is 32.2. The minimum Gasteiger partial charge on any atom is -0.497 e. The number of rotatable bonds is 16. The number of methoxy groups -OCH3 is 2. The maximum atomic E-state index is 14.5. The third kappa shape index (κ3) is 9.83. The summed E-state index contributed by atoms with van der Waals surface area (Å²) in [4.78, 5) is 16.2. The van der Waals surface area contributed by atoms with E-state index < -0.39 is 21.5 Å². The van der Waals surface area contributed by atoms with Crippen molar-refractivity contribution in [3.05, 3.63) is 83.4 Å². The van der Waals surface area contributed by atoms with Crippen LogP contribution in [0.25, 0.3) is 0 Å². The van der Waals surface area contributed by atoms with Crippen molar-refractivity contribution in [3.63, 3.8) is 0 Å². The van der Waals surface area contributed by atoms with Crippen LogP contribution in [-0.4, -0.2) is 97.6 Å². The molecule has 3 aliphatic rings. The molecule has 0 radical (unpaired) electrons. The minimum absolute atomic E-state index is 0.0104. The molecule has 55 heavy (non-hydrogen) atoms. The van der Waals surface area contributed by atoms with Crippen LogP contribution >= 0.6 is 0 Å². The van der Waals surface area contributed by atoms with E-state index in [1.807, 2.05) is 69.3 Å². The van der Waals surface area contributed by atoms with Crippen LogP contribution in [0.3, 0.4) is 0 Å². The standard InChI is InChI=1S/C43H59N3O8S/c1-31-7-14-37(15-8-31)55(48,49)46-29-41(54-30-32-9-16-40-39(27-32)45(22-26-53-40)21-6-23-50-4)38(33-10-12-36(51-5)13-11-33)28-35(46)17-20-44-42(47)43(2,3)34-18-24-52-25-19-34/h7-16,27,34-35,38,41H,6,17-26,28-30H2,1-5H3,(H,44,47)/t35?,38?,41-/m0/s1. The molecule has 0 bridgehead atoms. The molecule has 2 saturated heterocycles. The molecule has 3 aromatic rings. The number of fused-ring (bicyclic) bond motifs is 1. The van der Waals surface area contributed by atoms with Crippen molar-refractivity contribution < 1.29 is 36.9 Å². The molecule has 1 amide bonds. The van der Waals surface area contributed by atoms with E-state index in [9.17, 15) is 13.2 Å². The third-order valence-corrected chi connectivity index (χ3v) is 13.7. The van der Waals surface area contributed by atoms with Crippen LogP contribution in [0.4, 0.5) is 5.69 Å². The first-order valence-electron chi connectivity index (χ1n) is 19.7. The van der Waals surface area contributed by atoms with E-state index in [2.05, 4.69) is 16.3 Å². The van der Waals surface area contributed by atoms with E-state index in [0.29, 0.717) is 52.4 Å². The van der Waals surface area contributed by atoms with Crippen molar-refractivity contribution >= 4 is 21.6 Å². The second-order valence-corrected chi connectivity index (χ2v) is 17.5. The Morgan fingerprint density at radius 1 is 0.982 bits per heavy atom. The summed E-state index contributed by atoms with van der Waals surface area (Å²) in [7, 11) is -0.551. The van der Waals surface area contributed by atoms with E-state index in [1.54, 1.807) is 30.7 Å². The second kappa shape index (κ2) is 18.5. The molecule has 3 atom stereocenters. The number of nitrogens with one attached hydrogen (secondary N) is 1. The molecule has 0 aromatic heterocycles. The van der Waals surface area contributed by atoms with Crippen molar-refractivity contribution in [1.29, 1.82) is 0 Å². The van der Waals surface area contributed by atoms with E-state index in [-0.39, 0.29) is 35.2 Å². The van der Waals surface area contributed by atoms with E-state index >= 15 is 0 Å². The number of piperidine rings is 1. The molecule has 2 unspecified atom stereocenters. The Morgan fingerprint density at radius 2 is 1.73 bits per heavy atom. The Hall–Kier alpha value is -3.68. The lowest BCUT2D eigenvalue weighted by atomic mass is 9.74. The summed E-state index contributed by atoms with van der Waals surface area (Å²) < 4.78 is 59.8. The topological polar surface area (TPSA) is 116 Å². The smallest absolute Gasteiger partial charge is 0.243 e. The fourth-order valence-electron chi connectivity index (χ4n) is 8.22. The summed E-state index contributed by atoms with van der Waals surface area (Å²) in [6, 6.07) is 20.8. The summed E-state index contributed by atoms with van der Waals surface area (Å²) in [6.45, 7) is 11.1. The van der Waals surface area contributed by atoms with Gasteiger partial charge < -0.3 is 33.9 Å². The van der Waals surface area contributed by atoms with E-state index in [0.717, 1.165) is 66.2 Å². The first kappa shape index (κ1) is 41.0. The average Bonchev–Trinajstić information content (AvgIpc) is 3.20. The fraction of sp³-hybridized carbons (Fsp3) is 0.558. The predicted molar refractivity (Wildman–Crippen MR) is 213 cm³/mol. The highest BCUT2D eigenvalue weighted by Gasteiger charge is 2.43. The molecular formula is C43H59N3O8S. The zero-order valence-corrected chi connectivity index (χ0v) is 33.9. The predicted octanol–water partition coefficient (Wildman–Crippen LogP) is 6.33. The van der Waals surface area contributed by atoms with Crippen LogP contribution in [0.1, 0.15) is 68.6 Å². The normalized spacial score (nSPS) is 21.1. The number of nitrogens with zero attached hydrogens (tertiary/aromatic N) is 2. The Kier molecular flexibility index (Phi) is 13.8. The lowest BCUT2D eigenvalue weighted by Gasteiger charge is -2.43. The second-order valence-electron chi connectivity index (χ2n) is 15.6. The monoisotopic (exact) mass is 777 g/mol. The number of carbonyl (C=O) groups is 1. The van der Waals surface area contributed by atoms with Gasteiger partial charge in [0.15, 0.2) is 0 Å². The van der Waals surface area contributed by atoms with Crippen molar-refractivity contribution in [2.45, 2.75) is 82.4 Å². The molecule has 0 aliphatic carbocycles. The van der Waals surface area contributed by atoms with E-state index in [1.165, 1.54) is 0 Å². The lowest BCUT2D eigenvalue weighted by Crippen LogP contribution is -2.53. The maximum absolute atomic E-state index is 14.5. The first-order valence-corrected chi connectivity index (χ1v) is 21.1. The van der Waals surface area contributed by atoms with E-state index in [4.69, 9.17) is 23.7 Å². The number of ether oxygens (including phenoxy) is 5. The highest BCUT2D eigenvalue weighted by Crippen LogP contribution is 2.40. The van der Waals surface area contributed by atoms with Gasteiger partial charge in [0.1, 0.15) is 18.1 Å². The fourth-order valence-corrected chi connectivity index (χ4v) is 9.89. The Balaban J connectivity index is 1.26. The third-order valence-electron chi connectivity index (χ3n) is 11.7.